The maximum absolute atomic E-state index is 11.1. The van der Waals surface area contributed by atoms with Gasteiger partial charge in [0.25, 0.3) is 0 Å². The molecule has 2 unspecified atom stereocenters. The van der Waals surface area contributed by atoms with E-state index < -0.39 is 0 Å². The van der Waals surface area contributed by atoms with Gasteiger partial charge in [0.05, 0.1) is 25.8 Å². The molecule has 1 rings (SSSR count). The fraction of sp³-hybridized carbons (Fsp3) is 0.818. The predicted octanol–water partition coefficient (Wildman–Crippen LogP) is 4.85. The van der Waals surface area contributed by atoms with Crippen molar-refractivity contribution in [1.29, 1.82) is 0 Å². The molecule has 26 heavy (non-hydrogen) atoms. The zero-order chi connectivity index (χ0) is 19.1. The Kier molecular flexibility index (Phi) is 12.3. The van der Waals surface area contributed by atoms with Crippen LogP contribution in [0.15, 0.2) is 17.1 Å². The summed E-state index contributed by atoms with van der Waals surface area (Å²) in [6.07, 6.45) is 20.2. The van der Waals surface area contributed by atoms with Gasteiger partial charge in [-0.2, -0.15) is 0 Å². The molecule has 0 saturated heterocycles. The largest absolute Gasteiger partial charge is 0.351 e. The van der Waals surface area contributed by atoms with Crippen LogP contribution in [0.5, 0.6) is 0 Å². The lowest BCUT2D eigenvalue weighted by atomic mass is 10.0. The molecule has 0 bridgehead atoms. The number of nitrogens with one attached hydrogen (secondary N) is 1. The van der Waals surface area contributed by atoms with E-state index in [0.717, 1.165) is 30.7 Å². The molecule has 0 aromatic heterocycles. The van der Waals surface area contributed by atoms with E-state index in [1.807, 2.05) is 0 Å². The SMILES string of the molecule is C/C=C/CCCCCCCCCCC1N=CC[N+]1(CC)CCNC(C)=O. The molecule has 1 aliphatic heterocycles. The van der Waals surface area contributed by atoms with Crippen LogP contribution in [0.4, 0.5) is 0 Å². The molecule has 1 N–H and O–H groups in total. The average molecular weight is 365 g/mol. The number of aliphatic imine (C=N–C) groups is 1. The van der Waals surface area contributed by atoms with Crippen molar-refractivity contribution in [2.75, 3.05) is 26.2 Å². The molecule has 1 heterocycles. The first kappa shape index (κ1) is 22.9. The molecule has 0 aliphatic carbocycles. The van der Waals surface area contributed by atoms with Crippen LogP contribution in [0.3, 0.4) is 0 Å². The van der Waals surface area contributed by atoms with Crippen LogP contribution >= 0.6 is 0 Å². The second-order valence-corrected chi connectivity index (χ2v) is 7.71. The zero-order valence-corrected chi connectivity index (χ0v) is 17.5. The lowest BCUT2D eigenvalue weighted by Crippen LogP contribution is -2.55. The van der Waals surface area contributed by atoms with Crippen molar-refractivity contribution in [3.8, 4) is 0 Å². The molecule has 150 valence electrons. The van der Waals surface area contributed by atoms with E-state index in [-0.39, 0.29) is 5.91 Å². The van der Waals surface area contributed by atoms with Crippen LogP contribution < -0.4 is 5.32 Å². The number of unbranched alkanes of at least 4 members (excludes halogenated alkanes) is 8. The summed E-state index contributed by atoms with van der Waals surface area (Å²) in [6.45, 7) is 9.82. The van der Waals surface area contributed by atoms with Gasteiger partial charge in [-0.25, -0.2) is 4.99 Å². The number of quaternary nitrogens is 1. The van der Waals surface area contributed by atoms with Gasteiger partial charge in [0, 0.05) is 13.3 Å². The van der Waals surface area contributed by atoms with E-state index in [0.29, 0.717) is 6.17 Å². The summed E-state index contributed by atoms with van der Waals surface area (Å²) in [5.74, 6) is 0.0674. The van der Waals surface area contributed by atoms with Crippen LogP contribution in [0.25, 0.3) is 0 Å². The monoisotopic (exact) mass is 364 g/mol. The van der Waals surface area contributed by atoms with E-state index in [4.69, 9.17) is 4.99 Å². The fourth-order valence-electron chi connectivity index (χ4n) is 3.95. The Balaban J connectivity index is 2.11. The van der Waals surface area contributed by atoms with Gasteiger partial charge in [-0.15, -0.1) is 0 Å². The van der Waals surface area contributed by atoms with E-state index in [2.05, 4.69) is 37.5 Å². The standard InChI is InChI=1S/C22H41N3O/c1-4-6-7-8-9-10-11-12-13-14-15-16-22-24-18-20-25(22,5-2)19-17-23-21(3)26/h4,6,18,22H,5,7-17,19-20H2,1-3H3/p+1/b6-4+. The normalized spacial score (nSPS) is 22.3. The van der Waals surface area contributed by atoms with Crippen LogP contribution in [0.1, 0.15) is 85.0 Å². The highest BCUT2D eigenvalue weighted by Gasteiger charge is 2.37. The molecule has 1 aliphatic rings. The number of carbonyl (C=O) groups is 1. The Labute approximate surface area is 161 Å². The fourth-order valence-corrected chi connectivity index (χ4v) is 3.95. The lowest BCUT2D eigenvalue weighted by Gasteiger charge is -2.38. The highest BCUT2D eigenvalue weighted by molar-refractivity contribution is 5.72. The van der Waals surface area contributed by atoms with Crippen molar-refractivity contribution in [3.05, 3.63) is 12.2 Å². The van der Waals surface area contributed by atoms with Crippen molar-refractivity contribution >= 4 is 12.1 Å². The number of carbonyl (C=O) groups excluding carboxylic acids is 1. The van der Waals surface area contributed by atoms with Crippen molar-refractivity contribution in [2.45, 2.75) is 91.1 Å². The Morgan fingerprint density at radius 2 is 1.81 bits per heavy atom. The van der Waals surface area contributed by atoms with Gasteiger partial charge in [0.2, 0.25) is 5.91 Å². The van der Waals surface area contributed by atoms with Gasteiger partial charge >= 0.3 is 0 Å². The van der Waals surface area contributed by atoms with E-state index in [9.17, 15) is 4.79 Å². The summed E-state index contributed by atoms with van der Waals surface area (Å²) < 4.78 is 1.02. The van der Waals surface area contributed by atoms with Gasteiger partial charge in [-0.05, 0) is 33.1 Å². The summed E-state index contributed by atoms with van der Waals surface area (Å²) in [7, 11) is 0. The second kappa shape index (κ2) is 14.0. The molecule has 0 saturated carbocycles. The summed E-state index contributed by atoms with van der Waals surface area (Å²) in [5, 5.41) is 2.95. The third-order valence-corrected chi connectivity index (χ3v) is 5.73. The Bertz CT molecular complexity index is 433. The first-order valence-electron chi connectivity index (χ1n) is 10.9. The van der Waals surface area contributed by atoms with Crippen LogP contribution in [0, 0.1) is 0 Å². The van der Waals surface area contributed by atoms with Crippen LogP contribution in [0.2, 0.25) is 0 Å². The number of allylic oxidation sites excluding steroid dienone is 2. The Hall–Kier alpha value is -1.16. The van der Waals surface area contributed by atoms with Gasteiger partial charge in [0.1, 0.15) is 6.54 Å². The minimum atomic E-state index is 0.0674. The number of rotatable bonds is 15. The second-order valence-electron chi connectivity index (χ2n) is 7.71. The molecule has 0 aromatic rings. The smallest absolute Gasteiger partial charge is 0.217 e. The average Bonchev–Trinajstić information content (AvgIpc) is 3.02. The summed E-state index contributed by atoms with van der Waals surface area (Å²) >= 11 is 0. The molecule has 4 nitrogen and oxygen atoms in total. The molecule has 0 spiro atoms. The van der Waals surface area contributed by atoms with Crippen molar-refractivity contribution in [1.82, 2.24) is 5.32 Å². The maximum atomic E-state index is 11.1. The molecule has 2 atom stereocenters. The highest BCUT2D eigenvalue weighted by atomic mass is 16.1. The quantitative estimate of drug-likeness (QED) is 0.252. The molecule has 0 aromatic carbocycles. The molecule has 0 fully saturated rings. The molecular weight excluding hydrogens is 322 g/mol. The molecule has 1 amide bonds. The van der Waals surface area contributed by atoms with E-state index in [1.165, 1.54) is 64.2 Å². The van der Waals surface area contributed by atoms with E-state index >= 15 is 0 Å². The minimum Gasteiger partial charge on any atom is -0.351 e. The first-order chi connectivity index (χ1) is 12.6. The zero-order valence-electron chi connectivity index (χ0n) is 17.5. The van der Waals surface area contributed by atoms with Crippen molar-refractivity contribution in [3.63, 3.8) is 0 Å². The number of hydrogen-bond donors (Lipinski definition) is 1. The number of nitrogens with zero attached hydrogens (tertiary/aromatic N) is 2. The maximum Gasteiger partial charge on any atom is 0.217 e. The van der Waals surface area contributed by atoms with Gasteiger partial charge in [-0.1, -0.05) is 50.7 Å². The predicted molar refractivity (Wildman–Crippen MR) is 112 cm³/mol. The molecule has 0 radical (unpaired) electrons. The van der Waals surface area contributed by atoms with Gasteiger partial charge in [0.15, 0.2) is 6.17 Å². The third kappa shape index (κ3) is 8.98. The number of likely N-dealkylation sites (N-methyl/N-ethyl adjacent to an activating group) is 1. The van der Waals surface area contributed by atoms with Gasteiger partial charge in [-0.3, -0.25) is 9.28 Å². The first-order valence-corrected chi connectivity index (χ1v) is 10.9. The van der Waals surface area contributed by atoms with Crippen molar-refractivity contribution in [2.24, 2.45) is 4.99 Å². The Morgan fingerprint density at radius 3 is 2.42 bits per heavy atom. The Morgan fingerprint density at radius 1 is 1.15 bits per heavy atom. The number of amides is 1. The highest BCUT2D eigenvalue weighted by Crippen LogP contribution is 2.24. The lowest BCUT2D eigenvalue weighted by molar-refractivity contribution is -0.935. The van der Waals surface area contributed by atoms with Crippen molar-refractivity contribution < 1.29 is 9.28 Å². The molecule has 4 heteroatoms. The minimum absolute atomic E-state index is 0.0674. The molecular formula is C22H42N3O+. The summed E-state index contributed by atoms with van der Waals surface area (Å²) in [5.41, 5.74) is 0. The third-order valence-electron chi connectivity index (χ3n) is 5.73. The van der Waals surface area contributed by atoms with Crippen LogP contribution in [-0.2, 0) is 4.79 Å². The van der Waals surface area contributed by atoms with E-state index in [1.54, 1.807) is 6.92 Å². The summed E-state index contributed by atoms with van der Waals surface area (Å²) in [4.78, 5) is 15.9. The topological polar surface area (TPSA) is 41.5 Å². The van der Waals surface area contributed by atoms with Gasteiger partial charge < -0.3 is 5.32 Å². The summed E-state index contributed by atoms with van der Waals surface area (Å²) in [6, 6.07) is 0. The number of hydrogen-bond acceptors (Lipinski definition) is 2. The van der Waals surface area contributed by atoms with Crippen LogP contribution in [-0.4, -0.2) is 48.9 Å².